The highest BCUT2D eigenvalue weighted by Gasteiger charge is 2.31. The first-order valence-electron chi connectivity index (χ1n) is 6.70. The zero-order valence-corrected chi connectivity index (χ0v) is 12.0. The maximum Gasteiger partial charge on any atom is 0.416 e. The van der Waals surface area contributed by atoms with Crippen molar-refractivity contribution >= 4 is 10.9 Å². The lowest BCUT2D eigenvalue weighted by molar-refractivity contribution is -0.137. The lowest BCUT2D eigenvalue weighted by Gasteiger charge is -2.12. The van der Waals surface area contributed by atoms with E-state index in [1.165, 1.54) is 7.11 Å². The number of nitrogens with zero attached hydrogens (tertiary/aromatic N) is 1. The molecule has 0 aliphatic rings. The Kier molecular flexibility index (Phi) is 3.67. The highest BCUT2D eigenvalue weighted by molar-refractivity contribution is 5.95. The maximum absolute atomic E-state index is 14.3. The average Bonchev–Trinajstić information content (AvgIpc) is 2.53. The van der Waals surface area contributed by atoms with Crippen LogP contribution in [0.15, 0.2) is 48.7 Å². The van der Waals surface area contributed by atoms with Gasteiger partial charge in [-0.2, -0.15) is 13.2 Å². The fourth-order valence-corrected chi connectivity index (χ4v) is 2.40. The van der Waals surface area contributed by atoms with Crippen LogP contribution in [-0.2, 0) is 6.18 Å². The molecule has 0 aliphatic carbocycles. The number of benzene rings is 2. The first-order valence-corrected chi connectivity index (χ1v) is 6.70. The molecule has 0 amide bonds. The monoisotopic (exact) mass is 321 g/mol. The predicted molar refractivity (Wildman–Crippen MR) is 78.7 cm³/mol. The number of methoxy groups -OCH3 is 1. The van der Waals surface area contributed by atoms with Gasteiger partial charge in [-0.15, -0.1) is 0 Å². The number of aromatic nitrogens is 1. The molecule has 6 heteroatoms. The van der Waals surface area contributed by atoms with Gasteiger partial charge in [0.15, 0.2) is 0 Å². The summed E-state index contributed by atoms with van der Waals surface area (Å²) in [4.78, 5) is 4.20. The minimum absolute atomic E-state index is 0.0422. The van der Waals surface area contributed by atoms with Crippen LogP contribution in [0.25, 0.3) is 22.0 Å². The van der Waals surface area contributed by atoms with Crippen molar-refractivity contribution in [1.29, 1.82) is 0 Å². The molecule has 0 aliphatic heterocycles. The lowest BCUT2D eigenvalue weighted by atomic mass is 9.99. The smallest absolute Gasteiger partial charge is 0.416 e. The van der Waals surface area contributed by atoms with Crippen molar-refractivity contribution in [1.82, 2.24) is 4.98 Å². The summed E-state index contributed by atoms with van der Waals surface area (Å²) in [5, 5.41) is 0.709. The molecule has 23 heavy (non-hydrogen) atoms. The Morgan fingerprint density at radius 3 is 2.43 bits per heavy atom. The molecule has 0 unspecified atom stereocenters. The lowest BCUT2D eigenvalue weighted by Crippen LogP contribution is -2.05. The van der Waals surface area contributed by atoms with Crippen molar-refractivity contribution in [2.45, 2.75) is 6.18 Å². The van der Waals surface area contributed by atoms with Gasteiger partial charge in [0, 0.05) is 22.7 Å². The van der Waals surface area contributed by atoms with Crippen molar-refractivity contribution in [3.8, 4) is 16.9 Å². The summed E-state index contributed by atoms with van der Waals surface area (Å²) in [7, 11) is 1.46. The van der Waals surface area contributed by atoms with Crippen LogP contribution >= 0.6 is 0 Å². The quantitative estimate of drug-likeness (QED) is 0.615. The number of alkyl halides is 3. The van der Waals surface area contributed by atoms with E-state index >= 15 is 0 Å². The topological polar surface area (TPSA) is 22.1 Å². The van der Waals surface area contributed by atoms with Crippen LogP contribution in [-0.4, -0.2) is 12.1 Å². The summed E-state index contributed by atoms with van der Waals surface area (Å²) in [6.07, 6.45) is -3.05. The second kappa shape index (κ2) is 5.53. The van der Waals surface area contributed by atoms with Gasteiger partial charge in [-0.25, -0.2) is 4.39 Å². The maximum atomic E-state index is 14.3. The minimum Gasteiger partial charge on any atom is -0.497 e. The van der Waals surface area contributed by atoms with E-state index in [0.717, 1.165) is 12.1 Å². The molecule has 2 aromatic carbocycles. The van der Waals surface area contributed by atoms with Gasteiger partial charge in [-0.1, -0.05) is 12.1 Å². The van der Waals surface area contributed by atoms with Crippen LogP contribution in [0.3, 0.4) is 0 Å². The second-order valence-electron chi connectivity index (χ2n) is 4.94. The summed E-state index contributed by atoms with van der Waals surface area (Å²) >= 11 is 0. The van der Waals surface area contributed by atoms with E-state index in [4.69, 9.17) is 4.74 Å². The number of fused-ring (bicyclic) bond motifs is 1. The summed E-state index contributed by atoms with van der Waals surface area (Å²) in [6, 6.07) is 9.23. The predicted octanol–water partition coefficient (Wildman–Crippen LogP) is 5.07. The van der Waals surface area contributed by atoms with Gasteiger partial charge in [0.1, 0.15) is 11.6 Å². The molecule has 2 nitrogen and oxygen atoms in total. The molecule has 0 saturated heterocycles. The van der Waals surface area contributed by atoms with Crippen molar-refractivity contribution in [3.05, 3.63) is 60.0 Å². The van der Waals surface area contributed by atoms with Gasteiger partial charge in [0.05, 0.1) is 18.2 Å². The van der Waals surface area contributed by atoms with Gasteiger partial charge >= 0.3 is 6.18 Å². The number of pyridine rings is 1. The van der Waals surface area contributed by atoms with Crippen LogP contribution in [0.4, 0.5) is 17.6 Å². The van der Waals surface area contributed by atoms with E-state index in [-0.39, 0.29) is 5.56 Å². The molecule has 0 N–H and O–H groups in total. The van der Waals surface area contributed by atoms with Crippen LogP contribution in [0.5, 0.6) is 5.75 Å². The summed E-state index contributed by atoms with van der Waals surface area (Å²) in [5.41, 5.74) is -0.113. The molecule has 0 bridgehead atoms. The third-order valence-corrected chi connectivity index (χ3v) is 3.50. The molecular formula is C17H11F4NO. The molecule has 0 radical (unpaired) electrons. The third kappa shape index (κ3) is 2.84. The van der Waals surface area contributed by atoms with E-state index in [0.29, 0.717) is 28.3 Å². The van der Waals surface area contributed by atoms with Gasteiger partial charge in [0.2, 0.25) is 0 Å². The fourth-order valence-electron chi connectivity index (χ4n) is 2.40. The molecule has 0 fully saturated rings. The van der Waals surface area contributed by atoms with E-state index < -0.39 is 17.6 Å². The van der Waals surface area contributed by atoms with E-state index in [1.54, 1.807) is 30.5 Å². The molecule has 1 heterocycles. The van der Waals surface area contributed by atoms with Crippen LogP contribution in [0.2, 0.25) is 0 Å². The van der Waals surface area contributed by atoms with E-state index in [2.05, 4.69) is 4.98 Å². The molecular weight excluding hydrogens is 310 g/mol. The number of rotatable bonds is 2. The first-order chi connectivity index (χ1) is 10.9. The summed E-state index contributed by atoms with van der Waals surface area (Å²) in [5.74, 6) is -0.486. The van der Waals surface area contributed by atoms with Crippen LogP contribution in [0, 0.1) is 5.82 Å². The minimum atomic E-state index is -4.59. The highest BCUT2D eigenvalue weighted by Crippen LogP contribution is 2.36. The van der Waals surface area contributed by atoms with E-state index in [1.807, 2.05) is 0 Å². The molecule has 0 atom stereocenters. The zero-order chi connectivity index (χ0) is 16.6. The Balaban J connectivity index is 2.24. The number of ether oxygens (including phenoxy) is 1. The SMILES string of the molecule is COc1cc(-c2ccc(C(F)(F)F)cc2F)c2ncccc2c1. The average molecular weight is 321 g/mol. The second-order valence-corrected chi connectivity index (χ2v) is 4.94. The number of hydrogen-bond donors (Lipinski definition) is 0. The van der Waals surface area contributed by atoms with Gasteiger partial charge in [0.25, 0.3) is 0 Å². The fraction of sp³-hybridized carbons (Fsp3) is 0.118. The largest absolute Gasteiger partial charge is 0.497 e. The third-order valence-electron chi connectivity index (χ3n) is 3.50. The zero-order valence-electron chi connectivity index (χ0n) is 12.0. The van der Waals surface area contributed by atoms with E-state index in [9.17, 15) is 17.6 Å². The number of halogens is 4. The Morgan fingerprint density at radius 1 is 1.00 bits per heavy atom. The Labute approximate surface area is 129 Å². The van der Waals surface area contributed by atoms with Crippen LogP contribution < -0.4 is 4.74 Å². The van der Waals surface area contributed by atoms with Gasteiger partial charge in [-0.3, -0.25) is 4.98 Å². The molecule has 1 aromatic heterocycles. The van der Waals surface area contributed by atoms with Gasteiger partial charge < -0.3 is 4.74 Å². The summed E-state index contributed by atoms with van der Waals surface area (Å²) < 4.78 is 57.5. The highest BCUT2D eigenvalue weighted by atomic mass is 19.4. The molecule has 118 valence electrons. The molecule has 0 saturated carbocycles. The first kappa shape index (κ1) is 15.3. The Morgan fingerprint density at radius 2 is 1.78 bits per heavy atom. The van der Waals surface area contributed by atoms with Crippen molar-refractivity contribution in [2.75, 3.05) is 7.11 Å². The Bertz CT molecular complexity index is 874. The van der Waals surface area contributed by atoms with Crippen molar-refractivity contribution in [2.24, 2.45) is 0 Å². The number of hydrogen-bond acceptors (Lipinski definition) is 2. The molecule has 3 rings (SSSR count). The van der Waals surface area contributed by atoms with Crippen molar-refractivity contribution in [3.63, 3.8) is 0 Å². The summed E-state index contributed by atoms with van der Waals surface area (Å²) in [6.45, 7) is 0. The van der Waals surface area contributed by atoms with Crippen molar-refractivity contribution < 1.29 is 22.3 Å². The molecule has 0 spiro atoms. The molecule has 3 aromatic rings. The normalized spacial score (nSPS) is 11.7. The standard InChI is InChI=1S/C17H11F4NO/c1-23-12-7-10-3-2-6-22-16(10)14(9-12)13-5-4-11(8-15(13)18)17(19,20)21/h2-9H,1H3. The Hall–Kier alpha value is -2.63. The van der Waals surface area contributed by atoms with Crippen LogP contribution in [0.1, 0.15) is 5.56 Å². The van der Waals surface area contributed by atoms with Gasteiger partial charge in [-0.05, 0) is 30.3 Å².